The average Bonchev–Trinajstić information content (AvgIpc) is 3.22. The predicted octanol–water partition coefficient (Wildman–Crippen LogP) is 4.63. The number of ether oxygens (including phenoxy) is 12. The Hall–Kier alpha value is -3.84. The van der Waals surface area contributed by atoms with Crippen LogP contribution >= 0.6 is 0 Å². The first-order valence-electron chi connectivity index (χ1n) is 20.3. The van der Waals surface area contributed by atoms with Gasteiger partial charge in [-0.15, -0.1) is 0 Å². The highest BCUT2D eigenvalue weighted by molar-refractivity contribution is 5.67. The Morgan fingerprint density at radius 3 is 1.28 bits per heavy atom. The molecular formula is C45H58O15. The van der Waals surface area contributed by atoms with Crippen LogP contribution in [0.2, 0.25) is 0 Å². The average molecular weight is 839 g/mol. The summed E-state index contributed by atoms with van der Waals surface area (Å²) in [5, 5.41) is 11.1. The zero-order chi connectivity index (χ0) is 42.8. The SMILES string of the molecule is CO[C@@H]1[C@H](O[C@@H]2[C@@H](OCc3ccccc3)[C@H](C)O[C@@H](O[C@@H]3[C@@H](OCc4ccccc4)[C@H](C)O[C@@H](O)[C@@H]3OC)[C@@H]2OCc2ccccc2)O[C@@H](C)[C@@H](OC(C)=O)[C@H]1OC(C)=O. The highest BCUT2D eigenvalue weighted by Gasteiger charge is 2.56. The minimum absolute atomic E-state index is 0.114. The van der Waals surface area contributed by atoms with E-state index in [0.717, 1.165) is 16.7 Å². The monoisotopic (exact) mass is 838 g/mol. The maximum Gasteiger partial charge on any atom is 0.303 e. The molecule has 0 saturated carbocycles. The van der Waals surface area contributed by atoms with Gasteiger partial charge >= 0.3 is 11.9 Å². The Balaban J connectivity index is 1.38. The lowest BCUT2D eigenvalue weighted by Gasteiger charge is -2.50. The van der Waals surface area contributed by atoms with Crippen molar-refractivity contribution in [1.82, 2.24) is 0 Å². The third-order valence-electron chi connectivity index (χ3n) is 10.8. The molecule has 60 heavy (non-hydrogen) atoms. The number of aliphatic hydroxyl groups is 1. The summed E-state index contributed by atoms with van der Waals surface area (Å²) in [5.41, 5.74) is 2.70. The molecule has 0 radical (unpaired) electrons. The summed E-state index contributed by atoms with van der Waals surface area (Å²) in [4.78, 5) is 24.7. The number of carbonyl (C=O) groups excluding carboxylic acids is 2. The van der Waals surface area contributed by atoms with Gasteiger partial charge in [0.05, 0.1) is 38.1 Å². The zero-order valence-electron chi connectivity index (χ0n) is 35.1. The molecule has 15 heteroatoms. The van der Waals surface area contributed by atoms with Gasteiger partial charge in [0.25, 0.3) is 0 Å². The van der Waals surface area contributed by atoms with E-state index >= 15 is 0 Å². The van der Waals surface area contributed by atoms with Crippen molar-refractivity contribution >= 4 is 11.9 Å². The Morgan fingerprint density at radius 1 is 0.483 bits per heavy atom. The fourth-order valence-corrected chi connectivity index (χ4v) is 7.89. The summed E-state index contributed by atoms with van der Waals surface area (Å²) < 4.78 is 75.9. The van der Waals surface area contributed by atoms with Crippen molar-refractivity contribution in [1.29, 1.82) is 0 Å². The third-order valence-corrected chi connectivity index (χ3v) is 10.8. The van der Waals surface area contributed by atoms with Crippen LogP contribution in [-0.4, -0.2) is 123 Å². The van der Waals surface area contributed by atoms with Gasteiger partial charge < -0.3 is 61.9 Å². The Bertz CT molecular complexity index is 1750. The van der Waals surface area contributed by atoms with Crippen LogP contribution < -0.4 is 0 Å². The van der Waals surface area contributed by atoms with Gasteiger partial charge in [-0.25, -0.2) is 0 Å². The number of hydrogen-bond acceptors (Lipinski definition) is 15. The Morgan fingerprint density at radius 2 is 0.850 bits per heavy atom. The van der Waals surface area contributed by atoms with Gasteiger partial charge in [0.1, 0.15) is 42.7 Å². The second-order valence-corrected chi connectivity index (χ2v) is 15.2. The molecule has 3 aromatic carbocycles. The quantitative estimate of drug-likeness (QED) is 0.187. The van der Waals surface area contributed by atoms with Gasteiger partial charge in [0.2, 0.25) is 0 Å². The van der Waals surface area contributed by atoms with E-state index in [9.17, 15) is 14.7 Å². The van der Waals surface area contributed by atoms with Gasteiger partial charge in [0.15, 0.2) is 31.1 Å². The maximum absolute atomic E-state index is 12.5. The van der Waals surface area contributed by atoms with E-state index in [2.05, 4.69) is 0 Å². The van der Waals surface area contributed by atoms with E-state index in [4.69, 9.17) is 56.8 Å². The van der Waals surface area contributed by atoms with Crippen molar-refractivity contribution in [2.24, 2.45) is 0 Å². The van der Waals surface area contributed by atoms with Crippen molar-refractivity contribution in [3.05, 3.63) is 108 Å². The van der Waals surface area contributed by atoms with E-state index in [1.54, 1.807) is 13.8 Å². The van der Waals surface area contributed by atoms with E-state index in [1.807, 2.05) is 97.9 Å². The summed E-state index contributed by atoms with van der Waals surface area (Å²) in [5.74, 6) is -1.20. The number of rotatable bonds is 17. The molecule has 3 saturated heterocycles. The summed E-state index contributed by atoms with van der Waals surface area (Å²) in [6.07, 6.45) is -14.5. The molecule has 0 aromatic heterocycles. The third kappa shape index (κ3) is 11.5. The zero-order valence-corrected chi connectivity index (χ0v) is 35.1. The first-order chi connectivity index (χ1) is 29.0. The normalized spacial score (nSPS) is 34.4. The van der Waals surface area contributed by atoms with Crippen LogP contribution in [0, 0.1) is 0 Å². The van der Waals surface area contributed by atoms with Crippen molar-refractivity contribution in [3.63, 3.8) is 0 Å². The number of carbonyl (C=O) groups is 2. The molecule has 3 fully saturated rings. The molecule has 3 heterocycles. The molecular weight excluding hydrogens is 780 g/mol. The lowest BCUT2D eigenvalue weighted by molar-refractivity contribution is -0.385. The van der Waals surface area contributed by atoms with Gasteiger partial charge in [-0.1, -0.05) is 91.0 Å². The molecule has 1 N–H and O–H groups in total. The summed E-state index contributed by atoms with van der Waals surface area (Å²) >= 11 is 0. The number of aliphatic hydroxyl groups excluding tert-OH is 1. The van der Waals surface area contributed by atoms with E-state index < -0.39 is 104 Å². The minimum atomic E-state index is -1.35. The molecule has 15 nitrogen and oxygen atoms in total. The van der Waals surface area contributed by atoms with Crippen LogP contribution in [0.5, 0.6) is 0 Å². The lowest BCUT2D eigenvalue weighted by Crippen LogP contribution is -2.67. The van der Waals surface area contributed by atoms with Crippen molar-refractivity contribution < 1.29 is 71.5 Å². The molecule has 15 atom stereocenters. The molecule has 3 aliphatic heterocycles. The van der Waals surface area contributed by atoms with Crippen LogP contribution in [0.1, 0.15) is 51.3 Å². The maximum atomic E-state index is 12.5. The van der Waals surface area contributed by atoms with Crippen molar-refractivity contribution in [2.45, 2.75) is 147 Å². The Kier molecular flexibility index (Phi) is 16.6. The summed E-state index contributed by atoms with van der Waals surface area (Å²) in [6.45, 7) is 8.39. The predicted molar refractivity (Wildman–Crippen MR) is 213 cm³/mol. The molecule has 3 aliphatic rings. The van der Waals surface area contributed by atoms with Gasteiger partial charge in [-0.3, -0.25) is 9.59 Å². The summed E-state index contributed by atoms with van der Waals surface area (Å²) in [7, 11) is 2.88. The molecule has 0 aliphatic carbocycles. The second kappa shape index (κ2) is 21.8. The molecule has 328 valence electrons. The molecule has 0 bridgehead atoms. The highest BCUT2D eigenvalue weighted by Crippen LogP contribution is 2.38. The first kappa shape index (κ1) is 45.7. The van der Waals surface area contributed by atoms with E-state index in [1.165, 1.54) is 28.1 Å². The van der Waals surface area contributed by atoms with Gasteiger partial charge in [-0.2, -0.15) is 0 Å². The van der Waals surface area contributed by atoms with Crippen LogP contribution in [0.25, 0.3) is 0 Å². The number of hydrogen-bond donors (Lipinski definition) is 1. The van der Waals surface area contributed by atoms with Crippen LogP contribution in [0.15, 0.2) is 91.0 Å². The molecule has 0 unspecified atom stereocenters. The minimum Gasteiger partial charge on any atom is -0.456 e. The topological polar surface area (TPSA) is 165 Å². The molecule has 0 amide bonds. The molecule has 6 rings (SSSR count). The van der Waals surface area contributed by atoms with Gasteiger partial charge in [-0.05, 0) is 37.5 Å². The van der Waals surface area contributed by atoms with Crippen molar-refractivity contribution in [2.75, 3.05) is 14.2 Å². The smallest absolute Gasteiger partial charge is 0.303 e. The van der Waals surface area contributed by atoms with Crippen LogP contribution in [0.4, 0.5) is 0 Å². The summed E-state index contributed by atoms with van der Waals surface area (Å²) in [6, 6.07) is 28.9. The fourth-order valence-electron chi connectivity index (χ4n) is 7.89. The van der Waals surface area contributed by atoms with E-state index in [0.29, 0.717) is 0 Å². The van der Waals surface area contributed by atoms with Crippen LogP contribution in [0.3, 0.4) is 0 Å². The fraction of sp³-hybridized carbons (Fsp3) is 0.556. The highest BCUT2D eigenvalue weighted by atomic mass is 16.8. The lowest BCUT2D eigenvalue weighted by atomic mass is 9.95. The second-order valence-electron chi connectivity index (χ2n) is 15.2. The molecule has 0 spiro atoms. The van der Waals surface area contributed by atoms with Crippen molar-refractivity contribution in [3.8, 4) is 0 Å². The number of benzene rings is 3. The number of esters is 2. The van der Waals surface area contributed by atoms with Gasteiger partial charge in [0, 0.05) is 28.1 Å². The van der Waals surface area contributed by atoms with Crippen LogP contribution in [-0.2, 0) is 86.3 Å². The van der Waals surface area contributed by atoms with E-state index in [-0.39, 0.29) is 19.8 Å². The number of methoxy groups -OCH3 is 2. The Labute approximate surface area is 351 Å². The largest absolute Gasteiger partial charge is 0.456 e. The standard InChI is InChI=1S/C45H58O15/c1-26-34(51-23-31-17-11-8-12-18-31)37(40(49-6)43(48)54-26)59-45-42(53-25-33-21-15-10-16-22-33)38(35(27(2)55-45)52-24-32-19-13-9-14-20-32)60-44-41(50-7)39(58-30(5)47)36(28(3)56-44)57-29(4)46/h8-22,26-28,34-45,48H,23-25H2,1-7H3/t26-,27-,28-,34-,35-,36+,37+,38+,39+,40+,41-,42+,43+,44-,45-/m0/s1. The first-order valence-corrected chi connectivity index (χ1v) is 20.3. The molecule has 3 aromatic rings.